The topological polar surface area (TPSA) is 184 Å². The smallest absolute Gasteiger partial charge is 0.347 e. The number of H-pyrrole nitrogens is 1. The molecule has 0 radical (unpaired) electrons. The zero-order chi connectivity index (χ0) is 29.3. The first-order valence-corrected chi connectivity index (χ1v) is 14.4. The maximum atomic E-state index is 13.2. The van der Waals surface area contributed by atoms with Crippen molar-refractivity contribution < 1.29 is 33.7 Å². The van der Waals surface area contributed by atoms with Crippen LogP contribution >= 0.6 is 34.7 Å². The first-order valence-electron chi connectivity index (χ1n) is 12.1. The third-order valence-corrected chi connectivity index (χ3v) is 8.80. The lowest BCUT2D eigenvalue weighted by Crippen LogP contribution is -2.70. The number of anilines is 1. The quantitative estimate of drug-likeness (QED) is 0.0859. The van der Waals surface area contributed by atoms with Crippen molar-refractivity contribution in [3.63, 3.8) is 0 Å². The van der Waals surface area contributed by atoms with Gasteiger partial charge >= 0.3 is 5.97 Å². The number of carbonyl (C=O) groups excluding carboxylic acids is 3. The lowest BCUT2D eigenvalue weighted by atomic mass is 10.0. The van der Waals surface area contributed by atoms with Gasteiger partial charge in [0.1, 0.15) is 21.4 Å². The molecule has 41 heavy (non-hydrogen) atoms. The summed E-state index contributed by atoms with van der Waals surface area (Å²) < 4.78 is 1.95. The molecular weight excluding hydrogens is 594 g/mol. The molecule has 5 heterocycles. The predicted octanol–water partition coefficient (Wildman–Crippen LogP) is 1.41. The van der Waals surface area contributed by atoms with Crippen LogP contribution < -0.4 is 15.6 Å². The van der Waals surface area contributed by atoms with E-state index in [1.54, 1.807) is 0 Å². The number of carboxylic acids is 1. The molecule has 0 bridgehead atoms. The van der Waals surface area contributed by atoms with Crippen LogP contribution in [-0.2, 0) is 30.6 Å². The van der Waals surface area contributed by atoms with Crippen LogP contribution in [0.25, 0.3) is 11.1 Å². The second-order valence-corrected chi connectivity index (χ2v) is 11.8. The molecule has 2 aliphatic heterocycles. The fraction of sp³-hybridized carbons (Fsp3) is 0.240. The third kappa shape index (κ3) is 5.68. The SMILES string of the molecule is C[C@H](O/N=C(\C(=O)NC1C(=O)N2C(C=O)=C(C[n+]3ccc(-c4cc[nH]c4)cc3)CSC12)c1nc(N)sc1Cl)C(=O)O. The first-order chi connectivity index (χ1) is 19.7. The van der Waals surface area contributed by atoms with Crippen LogP contribution in [0.1, 0.15) is 12.6 Å². The lowest BCUT2D eigenvalue weighted by molar-refractivity contribution is -0.689. The number of β-lactam (4-membered cyclic amide) rings is 1. The van der Waals surface area contributed by atoms with E-state index >= 15 is 0 Å². The van der Waals surface area contributed by atoms with E-state index in [0.717, 1.165) is 28.0 Å². The van der Waals surface area contributed by atoms with Gasteiger partial charge in [-0.05, 0) is 24.1 Å². The highest BCUT2D eigenvalue weighted by molar-refractivity contribution is 8.00. The van der Waals surface area contributed by atoms with Crippen molar-refractivity contribution in [1.29, 1.82) is 0 Å². The number of amides is 2. The van der Waals surface area contributed by atoms with Crippen molar-refractivity contribution in [3.05, 3.63) is 64.3 Å². The number of halogens is 1. The van der Waals surface area contributed by atoms with Gasteiger partial charge in [-0.15, -0.1) is 11.8 Å². The molecule has 16 heteroatoms. The Kier molecular flexibility index (Phi) is 8.10. The van der Waals surface area contributed by atoms with Gasteiger partial charge in [-0.25, -0.2) is 14.3 Å². The Balaban J connectivity index is 1.31. The lowest BCUT2D eigenvalue weighted by Gasteiger charge is -2.49. The van der Waals surface area contributed by atoms with E-state index in [0.29, 0.717) is 18.6 Å². The molecule has 0 aromatic carbocycles. The summed E-state index contributed by atoms with van der Waals surface area (Å²) >= 11 is 8.44. The minimum Gasteiger partial charge on any atom is -0.478 e. The van der Waals surface area contributed by atoms with E-state index in [2.05, 4.69) is 20.4 Å². The molecule has 2 aliphatic rings. The summed E-state index contributed by atoms with van der Waals surface area (Å²) in [5, 5.41) is 14.9. The Labute approximate surface area is 246 Å². The number of oxime groups is 1. The fourth-order valence-electron chi connectivity index (χ4n) is 4.24. The molecular formula is C25H23ClN7O6S2+. The van der Waals surface area contributed by atoms with Crippen molar-refractivity contribution in [2.24, 2.45) is 5.16 Å². The third-order valence-electron chi connectivity index (χ3n) is 6.38. The summed E-state index contributed by atoms with van der Waals surface area (Å²) in [6.07, 6.45) is 6.83. The van der Waals surface area contributed by atoms with Gasteiger partial charge in [0.05, 0.1) is 5.70 Å². The Morgan fingerprint density at radius 2 is 2.15 bits per heavy atom. The number of thiazole rings is 1. The fourth-order valence-corrected chi connectivity index (χ4v) is 6.52. The number of aromatic nitrogens is 3. The van der Waals surface area contributed by atoms with Gasteiger partial charge in [0.2, 0.25) is 6.10 Å². The summed E-state index contributed by atoms with van der Waals surface area (Å²) in [5.41, 5.74) is 8.26. The van der Waals surface area contributed by atoms with Gasteiger partial charge in [-0.3, -0.25) is 19.3 Å². The summed E-state index contributed by atoms with van der Waals surface area (Å²) in [6, 6.07) is 4.92. The van der Waals surface area contributed by atoms with E-state index < -0.39 is 41.0 Å². The highest BCUT2D eigenvalue weighted by atomic mass is 35.5. The first kappa shape index (κ1) is 28.3. The standard InChI is InChI=1S/C25H22ClN7O6S2/c1-12(24(37)38)39-31-18(17-20(26)41-25(27)30-17)21(35)29-19-22(36)33-16(10-34)15(11-40-23(19)33)9-32-6-3-13(4-7-32)14-2-5-28-8-14/h2-8,10,12,19,23H,9,11H2,1H3,(H4,27,29,30,35,37,38)/p+1/b31-18-/t12-,19?,23?/m0/s1. The van der Waals surface area contributed by atoms with Crippen LogP contribution in [0.15, 0.2) is 59.4 Å². The van der Waals surface area contributed by atoms with E-state index in [4.69, 9.17) is 27.3 Å². The van der Waals surface area contributed by atoms with Gasteiger partial charge in [-0.2, -0.15) is 0 Å². The van der Waals surface area contributed by atoms with Crippen molar-refractivity contribution in [2.45, 2.75) is 31.0 Å². The van der Waals surface area contributed by atoms with Crippen LogP contribution in [0.4, 0.5) is 5.13 Å². The number of aldehydes is 1. The van der Waals surface area contributed by atoms with Gasteiger partial charge in [0, 0.05) is 35.9 Å². The van der Waals surface area contributed by atoms with Crippen molar-refractivity contribution in [3.8, 4) is 11.1 Å². The summed E-state index contributed by atoms with van der Waals surface area (Å²) in [5.74, 6) is -2.20. The molecule has 2 amide bonds. The van der Waals surface area contributed by atoms with E-state index in [-0.39, 0.29) is 20.9 Å². The Bertz CT molecular complexity index is 1570. The van der Waals surface area contributed by atoms with Crippen LogP contribution in [0, 0.1) is 0 Å². The molecule has 2 unspecified atom stereocenters. The van der Waals surface area contributed by atoms with Crippen molar-refractivity contribution in [1.82, 2.24) is 20.2 Å². The summed E-state index contributed by atoms with van der Waals surface area (Å²) in [6.45, 7) is 1.63. The van der Waals surface area contributed by atoms with E-state index in [9.17, 15) is 19.2 Å². The molecule has 5 N–H and O–H groups in total. The van der Waals surface area contributed by atoms with Crippen LogP contribution in [0.3, 0.4) is 0 Å². The molecule has 5 rings (SSSR count). The number of thioether (sulfide) groups is 1. The van der Waals surface area contributed by atoms with Crippen LogP contribution in [-0.4, -0.2) is 73.0 Å². The molecule has 0 saturated carbocycles. The van der Waals surface area contributed by atoms with Crippen molar-refractivity contribution in [2.75, 3.05) is 11.5 Å². The highest BCUT2D eigenvalue weighted by Crippen LogP contribution is 2.39. The molecule has 0 spiro atoms. The maximum absolute atomic E-state index is 13.2. The Morgan fingerprint density at radius 1 is 1.39 bits per heavy atom. The molecule has 13 nitrogen and oxygen atoms in total. The Morgan fingerprint density at radius 3 is 2.76 bits per heavy atom. The minimum absolute atomic E-state index is 0.0334. The number of allylic oxidation sites excluding steroid dienone is 1. The summed E-state index contributed by atoms with van der Waals surface area (Å²) in [7, 11) is 0. The number of fused-ring (bicyclic) bond motifs is 1. The number of pyridine rings is 1. The normalized spacial score (nSPS) is 19.3. The van der Waals surface area contributed by atoms with E-state index in [1.165, 1.54) is 23.6 Å². The van der Waals surface area contributed by atoms with E-state index in [1.807, 2.05) is 47.6 Å². The second-order valence-electron chi connectivity index (χ2n) is 9.03. The van der Waals surface area contributed by atoms with Crippen molar-refractivity contribution >= 4 is 69.6 Å². The number of nitrogens with one attached hydrogen (secondary N) is 2. The van der Waals surface area contributed by atoms with Gasteiger partial charge in [0.25, 0.3) is 11.8 Å². The number of hydrogen-bond donors (Lipinski definition) is 4. The van der Waals surface area contributed by atoms with Gasteiger partial charge in [-0.1, -0.05) is 28.1 Å². The zero-order valence-corrected chi connectivity index (χ0v) is 23.7. The number of aliphatic carboxylic acids is 1. The van der Waals surface area contributed by atoms with Gasteiger partial charge < -0.3 is 26.0 Å². The second kappa shape index (κ2) is 11.7. The molecule has 3 aromatic rings. The largest absolute Gasteiger partial charge is 0.478 e. The zero-order valence-electron chi connectivity index (χ0n) is 21.3. The monoisotopic (exact) mass is 616 g/mol. The Hall–Kier alpha value is -4.21. The number of carboxylic acid groups (broad SMARTS) is 1. The molecule has 3 aromatic heterocycles. The molecule has 212 valence electrons. The minimum atomic E-state index is -1.37. The predicted molar refractivity (Wildman–Crippen MR) is 151 cm³/mol. The average Bonchev–Trinajstić information content (AvgIpc) is 3.61. The molecule has 3 atom stereocenters. The summed E-state index contributed by atoms with van der Waals surface area (Å²) in [4.78, 5) is 62.9. The van der Waals surface area contributed by atoms with Crippen LogP contribution in [0.2, 0.25) is 4.34 Å². The number of hydrogen-bond acceptors (Lipinski definition) is 10. The number of nitrogens with two attached hydrogens (primary N) is 1. The molecule has 1 saturated heterocycles. The number of carbonyl (C=O) groups is 4. The highest BCUT2D eigenvalue weighted by Gasteiger charge is 2.53. The number of nitrogen functional groups attached to an aromatic ring is 1. The molecule has 1 fully saturated rings. The number of aromatic amines is 1. The number of rotatable bonds is 10. The average molecular weight is 617 g/mol. The van der Waals surface area contributed by atoms with Crippen LogP contribution in [0.5, 0.6) is 0 Å². The number of nitrogens with zero attached hydrogens (tertiary/aromatic N) is 4. The van der Waals surface area contributed by atoms with Gasteiger partial charge in [0.15, 0.2) is 36.1 Å². The maximum Gasteiger partial charge on any atom is 0.347 e. The molecule has 0 aliphatic carbocycles.